The molecule has 23 heavy (non-hydrogen) atoms. The molecule has 0 saturated carbocycles. The largest absolute Gasteiger partial charge is 0.356 e. The third-order valence-electron chi connectivity index (χ3n) is 4.26. The quantitative estimate of drug-likeness (QED) is 0.718. The van der Waals surface area contributed by atoms with E-state index in [1.54, 1.807) is 6.33 Å². The van der Waals surface area contributed by atoms with Crippen molar-refractivity contribution >= 4 is 28.3 Å². The van der Waals surface area contributed by atoms with Crippen LogP contribution in [-0.2, 0) is 0 Å². The summed E-state index contributed by atoms with van der Waals surface area (Å²) >= 11 is 6.05. The maximum Gasteiger partial charge on any atom is 0.229 e. The molecule has 1 fully saturated rings. The highest BCUT2D eigenvalue weighted by Gasteiger charge is 2.26. The fourth-order valence-electron chi connectivity index (χ4n) is 3.09. The van der Waals surface area contributed by atoms with Gasteiger partial charge in [0.15, 0.2) is 5.82 Å². The number of piperidine rings is 1. The van der Waals surface area contributed by atoms with Crippen molar-refractivity contribution in [1.82, 2.24) is 20.1 Å². The van der Waals surface area contributed by atoms with E-state index in [4.69, 9.17) is 16.1 Å². The van der Waals surface area contributed by atoms with Crippen LogP contribution < -0.4 is 4.90 Å². The molecule has 4 rings (SSSR count). The van der Waals surface area contributed by atoms with Gasteiger partial charge in [-0.05, 0) is 38.0 Å². The lowest BCUT2D eigenvalue weighted by molar-refractivity contribution is 0.327. The summed E-state index contributed by atoms with van der Waals surface area (Å²) in [6.07, 6.45) is 3.54. The molecule has 1 aliphatic rings. The SMILES string of the molecule is Cc1noc(C2CCN(c3ncnc4cc(Cl)ccc34)CC2)n1. The Kier molecular flexibility index (Phi) is 3.61. The van der Waals surface area contributed by atoms with Gasteiger partial charge in [0.2, 0.25) is 5.89 Å². The number of fused-ring (bicyclic) bond motifs is 1. The number of rotatable bonds is 2. The molecule has 0 atom stereocenters. The normalized spacial score (nSPS) is 16.2. The maximum atomic E-state index is 6.05. The number of benzene rings is 1. The predicted molar refractivity (Wildman–Crippen MR) is 87.8 cm³/mol. The van der Waals surface area contributed by atoms with Crippen LogP contribution in [-0.4, -0.2) is 33.2 Å². The van der Waals surface area contributed by atoms with Crippen molar-refractivity contribution < 1.29 is 4.52 Å². The third kappa shape index (κ3) is 2.74. The van der Waals surface area contributed by atoms with Gasteiger partial charge in [0.1, 0.15) is 12.1 Å². The van der Waals surface area contributed by atoms with Crippen molar-refractivity contribution in [2.45, 2.75) is 25.7 Å². The van der Waals surface area contributed by atoms with Gasteiger partial charge in [-0.2, -0.15) is 4.98 Å². The van der Waals surface area contributed by atoms with E-state index in [2.05, 4.69) is 25.0 Å². The van der Waals surface area contributed by atoms with Crippen molar-refractivity contribution in [1.29, 1.82) is 0 Å². The Hall–Kier alpha value is -2.21. The monoisotopic (exact) mass is 329 g/mol. The van der Waals surface area contributed by atoms with E-state index in [0.29, 0.717) is 16.8 Å². The Morgan fingerprint density at radius 1 is 1.22 bits per heavy atom. The standard InChI is InChI=1S/C16H16ClN5O/c1-10-20-16(23-21-10)11-4-6-22(7-5-11)15-13-3-2-12(17)8-14(13)18-9-19-15/h2-3,8-9,11H,4-7H2,1H3. The van der Waals surface area contributed by atoms with Crippen molar-refractivity contribution in [3.8, 4) is 0 Å². The zero-order chi connectivity index (χ0) is 15.8. The maximum absolute atomic E-state index is 6.05. The van der Waals surface area contributed by atoms with Gasteiger partial charge in [0.05, 0.1) is 5.52 Å². The Balaban J connectivity index is 1.57. The molecular formula is C16H16ClN5O. The molecule has 118 valence electrons. The molecule has 0 radical (unpaired) electrons. The summed E-state index contributed by atoms with van der Waals surface area (Å²) < 4.78 is 5.31. The van der Waals surface area contributed by atoms with Gasteiger partial charge in [-0.3, -0.25) is 0 Å². The summed E-state index contributed by atoms with van der Waals surface area (Å²) in [5.41, 5.74) is 0.872. The van der Waals surface area contributed by atoms with Crippen molar-refractivity contribution in [3.63, 3.8) is 0 Å². The number of aryl methyl sites for hydroxylation is 1. The Morgan fingerprint density at radius 2 is 2.04 bits per heavy atom. The van der Waals surface area contributed by atoms with E-state index >= 15 is 0 Å². The number of anilines is 1. The first-order chi connectivity index (χ1) is 11.2. The molecule has 0 unspecified atom stereocenters. The van der Waals surface area contributed by atoms with Crippen LogP contribution in [0.4, 0.5) is 5.82 Å². The average molecular weight is 330 g/mol. The average Bonchev–Trinajstić information content (AvgIpc) is 3.01. The molecule has 1 aliphatic heterocycles. The first-order valence-electron chi connectivity index (χ1n) is 7.66. The fraction of sp³-hybridized carbons (Fsp3) is 0.375. The zero-order valence-electron chi connectivity index (χ0n) is 12.7. The van der Waals surface area contributed by atoms with Crippen LogP contribution in [0.5, 0.6) is 0 Å². The van der Waals surface area contributed by atoms with Gasteiger partial charge in [-0.1, -0.05) is 16.8 Å². The molecule has 1 aromatic carbocycles. The topological polar surface area (TPSA) is 67.9 Å². The molecule has 0 N–H and O–H groups in total. The van der Waals surface area contributed by atoms with Crippen molar-refractivity contribution in [2.24, 2.45) is 0 Å². The second kappa shape index (κ2) is 5.77. The number of halogens is 1. The molecule has 0 spiro atoms. The third-order valence-corrected chi connectivity index (χ3v) is 4.50. The van der Waals surface area contributed by atoms with Gasteiger partial charge in [0.25, 0.3) is 0 Å². The Bertz CT molecular complexity index is 841. The zero-order valence-corrected chi connectivity index (χ0v) is 13.5. The minimum absolute atomic E-state index is 0.329. The molecule has 7 heteroatoms. The van der Waals surface area contributed by atoms with Crippen LogP contribution in [0.2, 0.25) is 5.02 Å². The van der Waals surface area contributed by atoms with E-state index in [1.165, 1.54) is 0 Å². The van der Waals surface area contributed by atoms with Crippen molar-refractivity contribution in [3.05, 3.63) is 41.3 Å². The van der Waals surface area contributed by atoms with Crippen molar-refractivity contribution in [2.75, 3.05) is 18.0 Å². The van der Waals surface area contributed by atoms with Gasteiger partial charge in [-0.25, -0.2) is 9.97 Å². The van der Waals surface area contributed by atoms with Gasteiger partial charge in [-0.15, -0.1) is 0 Å². The second-order valence-corrected chi connectivity index (χ2v) is 6.24. The summed E-state index contributed by atoms with van der Waals surface area (Å²) in [5.74, 6) is 2.74. The highest BCUT2D eigenvalue weighted by molar-refractivity contribution is 6.31. The molecule has 3 heterocycles. The lowest BCUT2D eigenvalue weighted by atomic mass is 9.96. The predicted octanol–water partition coefficient (Wildman–Crippen LogP) is 3.36. The number of hydrogen-bond donors (Lipinski definition) is 0. The summed E-state index contributed by atoms with van der Waals surface area (Å²) in [5, 5.41) is 5.60. The van der Waals surface area contributed by atoms with Crippen LogP contribution in [0.25, 0.3) is 10.9 Å². The van der Waals surface area contributed by atoms with E-state index in [9.17, 15) is 0 Å². The number of aromatic nitrogens is 4. The summed E-state index contributed by atoms with van der Waals surface area (Å²) in [6, 6.07) is 5.74. The summed E-state index contributed by atoms with van der Waals surface area (Å²) in [6.45, 7) is 3.65. The minimum atomic E-state index is 0.329. The van der Waals surface area contributed by atoms with E-state index < -0.39 is 0 Å². The van der Waals surface area contributed by atoms with Gasteiger partial charge in [0, 0.05) is 29.4 Å². The van der Waals surface area contributed by atoms with E-state index in [1.807, 2.05) is 25.1 Å². The first-order valence-corrected chi connectivity index (χ1v) is 8.04. The van der Waals surface area contributed by atoms with E-state index in [0.717, 1.165) is 48.5 Å². The van der Waals surface area contributed by atoms with Gasteiger partial charge < -0.3 is 9.42 Å². The highest BCUT2D eigenvalue weighted by Crippen LogP contribution is 2.32. The van der Waals surface area contributed by atoms with Crippen LogP contribution in [0.3, 0.4) is 0 Å². The molecule has 1 saturated heterocycles. The fourth-order valence-corrected chi connectivity index (χ4v) is 3.25. The van der Waals surface area contributed by atoms with Crippen LogP contribution in [0.15, 0.2) is 29.0 Å². The Labute approximate surface area is 138 Å². The Morgan fingerprint density at radius 3 is 2.78 bits per heavy atom. The molecule has 3 aromatic rings. The van der Waals surface area contributed by atoms with Crippen LogP contribution >= 0.6 is 11.6 Å². The first kappa shape index (κ1) is 14.4. The lowest BCUT2D eigenvalue weighted by Gasteiger charge is -2.31. The molecule has 2 aromatic heterocycles. The lowest BCUT2D eigenvalue weighted by Crippen LogP contribution is -2.33. The molecule has 0 aliphatic carbocycles. The van der Waals surface area contributed by atoms with Gasteiger partial charge >= 0.3 is 0 Å². The summed E-state index contributed by atoms with van der Waals surface area (Å²) in [7, 11) is 0. The molecule has 0 bridgehead atoms. The van der Waals surface area contributed by atoms with Crippen LogP contribution in [0, 0.1) is 6.92 Å². The minimum Gasteiger partial charge on any atom is -0.356 e. The van der Waals surface area contributed by atoms with Crippen LogP contribution in [0.1, 0.15) is 30.5 Å². The molecule has 0 amide bonds. The highest BCUT2D eigenvalue weighted by atomic mass is 35.5. The smallest absolute Gasteiger partial charge is 0.229 e. The van der Waals surface area contributed by atoms with E-state index in [-0.39, 0.29) is 0 Å². The molecule has 6 nitrogen and oxygen atoms in total. The molecular weight excluding hydrogens is 314 g/mol. The second-order valence-electron chi connectivity index (χ2n) is 5.80. The number of hydrogen-bond acceptors (Lipinski definition) is 6. The summed E-state index contributed by atoms with van der Waals surface area (Å²) in [4.78, 5) is 15.4. The number of nitrogens with zero attached hydrogens (tertiary/aromatic N) is 5.